The quantitative estimate of drug-likeness (QED) is 0.657. The number of hydrogen-bond donors (Lipinski definition) is 1. The van der Waals surface area contributed by atoms with Crippen LogP contribution in [0, 0.1) is 0 Å². The molecule has 8 heteroatoms. The summed E-state index contributed by atoms with van der Waals surface area (Å²) < 4.78 is 12.2. The van der Waals surface area contributed by atoms with E-state index in [1.807, 2.05) is 37.5 Å². The lowest BCUT2D eigenvalue weighted by Crippen LogP contribution is -2.33. The fraction of sp³-hybridized carbons (Fsp3) is 0.316. The lowest BCUT2D eigenvalue weighted by Gasteiger charge is -2.22. The first-order valence-corrected chi connectivity index (χ1v) is 8.56. The minimum atomic E-state index is -0.123. The maximum atomic E-state index is 13.2. The normalized spacial score (nSPS) is 10.8. The van der Waals surface area contributed by atoms with E-state index in [2.05, 4.69) is 15.3 Å². The molecule has 0 atom stereocenters. The Balaban J connectivity index is 1.88. The van der Waals surface area contributed by atoms with Gasteiger partial charge in [-0.3, -0.25) is 14.6 Å². The standard InChI is InChI=1S/C19H23N5O3/c1-23-12-14(10-21-23)13-24(7-8-26-2)19(25)17-11-20-22-18(17)15-5-4-6-16(9-15)27-3/h4-6,9-12H,7-8,13H2,1-3H3,(H,20,22). The lowest BCUT2D eigenvalue weighted by atomic mass is 10.1. The van der Waals surface area contributed by atoms with Gasteiger partial charge in [0.15, 0.2) is 0 Å². The third-order valence-electron chi connectivity index (χ3n) is 4.21. The fourth-order valence-corrected chi connectivity index (χ4v) is 2.85. The van der Waals surface area contributed by atoms with E-state index in [1.165, 1.54) is 0 Å². The largest absolute Gasteiger partial charge is 0.497 e. The molecule has 0 spiro atoms. The highest BCUT2D eigenvalue weighted by atomic mass is 16.5. The molecule has 0 radical (unpaired) electrons. The van der Waals surface area contributed by atoms with Gasteiger partial charge in [-0.1, -0.05) is 12.1 Å². The van der Waals surface area contributed by atoms with Crippen molar-refractivity contribution >= 4 is 5.91 Å². The van der Waals surface area contributed by atoms with Crippen LogP contribution in [0.3, 0.4) is 0 Å². The molecule has 0 aliphatic heterocycles. The van der Waals surface area contributed by atoms with Crippen molar-refractivity contribution in [1.82, 2.24) is 24.9 Å². The maximum absolute atomic E-state index is 13.2. The monoisotopic (exact) mass is 369 g/mol. The number of rotatable bonds is 8. The van der Waals surface area contributed by atoms with Gasteiger partial charge in [0, 0.05) is 44.6 Å². The second-order valence-electron chi connectivity index (χ2n) is 6.13. The van der Waals surface area contributed by atoms with Gasteiger partial charge in [0.25, 0.3) is 5.91 Å². The average Bonchev–Trinajstić information content (AvgIpc) is 3.33. The molecule has 0 aliphatic rings. The second kappa shape index (κ2) is 8.50. The zero-order chi connectivity index (χ0) is 19.2. The van der Waals surface area contributed by atoms with Crippen molar-refractivity contribution in [3.05, 3.63) is 54.0 Å². The molecular weight excluding hydrogens is 346 g/mol. The van der Waals surface area contributed by atoms with Crippen LogP contribution in [0.4, 0.5) is 0 Å². The molecule has 0 saturated carbocycles. The van der Waals surface area contributed by atoms with Crippen molar-refractivity contribution < 1.29 is 14.3 Å². The summed E-state index contributed by atoms with van der Waals surface area (Å²) in [6.07, 6.45) is 5.21. The predicted octanol–water partition coefficient (Wildman–Crippen LogP) is 2.11. The van der Waals surface area contributed by atoms with E-state index in [4.69, 9.17) is 9.47 Å². The number of carbonyl (C=O) groups is 1. The van der Waals surface area contributed by atoms with Gasteiger partial charge in [0.05, 0.1) is 37.4 Å². The molecule has 0 bridgehead atoms. The molecule has 0 unspecified atom stereocenters. The highest BCUT2D eigenvalue weighted by Crippen LogP contribution is 2.26. The zero-order valence-electron chi connectivity index (χ0n) is 15.7. The molecule has 1 amide bonds. The Bertz CT molecular complexity index is 902. The molecule has 3 aromatic rings. The number of aromatic amines is 1. The number of amides is 1. The van der Waals surface area contributed by atoms with Gasteiger partial charge in [-0.15, -0.1) is 0 Å². The van der Waals surface area contributed by atoms with E-state index in [0.717, 1.165) is 11.1 Å². The molecule has 142 valence electrons. The first-order chi connectivity index (χ1) is 13.1. The third kappa shape index (κ3) is 4.35. The van der Waals surface area contributed by atoms with Crippen molar-refractivity contribution in [1.29, 1.82) is 0 Å². The number of aromatic nitrogens is 4. The van der Waals surface area contributed by atoms with Crippen molar-refractivity contribution in [3.63, 3.8) is 0 Å². The van der Waals surface area contributed by atoms with Gasteiger partial charge < -0.3 is 14.4 Å². The summed E-state index contributed by atoms with van der Waals surface area (Å²) in [6, 6.07) is 7.51. The third-order valence-corrected chi connectivity index (χ3v) is 4.21. The summed E-state index contributed by atoms with van der Waals surface area (Å²) in [5, 5.41) is 11.2. The molecule has 0 aliphatic carbocycles. The van der Waals surface area contributed by atoms with E-state index >= 15 is 0 Å². The van der Waals surface area contributed by atoms with Gasteiger partial charge >= 0.3 is 0 Å². The molecule has 3 rings (SSSR count). The topological polar surface area (TPSA) is 85.3 Å². The summed E-state index contributed by atoms with van der Waals surface area (Å²) in [6.45, 7) is 1.35. The van der Waals surface area contributed by atoms with Crippen LogP contribution in [-0.4, -0.2) is 58.2 Å². The van der Waals surface area contributed by atoms with Gasteiger partial charge in [-0.05, 0) is 12.1 Å². The van der Waals surface area contributed by atoms with Crippen LogP contribution in [0.1, 0.15) is 15.9 Å². The Hall–Kier alpha value is -3.13. The van der Waals surface area contributed by atoms with Crippen molar-refractivity contribution in [2.45, 2.75) is 6.54 Å². The number of ether oxygens (including phenoxy) is 2. The van der Waals surface area contributed by atoms with Gasteiger partial charge in [-0.2, -0.15) is 10.2 Å². The predicted molar refractivity (Wildman–Crippen MR) is 100 cm³/mol. The number of hydrogen-bond acceptors (Lipinski definition) is 5. The highest BCUT2D eigenvalue weighted by Gasteiger charge is 2.22. The molecule has 1 aromatic carbocycles. The average molecular weight is 369 g/mol. The summed E-state index contributed by atoms with van der Waals surface area (Å²) in [7, 11) is 5.08. The molecule has 0 saturated heterocycles. The van der Waals surface area contributed by atoms with E-state index in [9.17, 15) is 4.79 Å². The number of benzene rings is 1. The molecule has 8 nitrogen and oxygen atoms in total. The Morgan fingerprint density at radius 2 is 2.15 bits per heavy atom. The Kier molecular flexibility index (Phi) is 5.87. The Labute approximate surface area is 157 Å². The van der Waals surface area contributed by atoms with Gasteiger partial charge in [-0.25, -0.2) is 0 Å². The van der Waals surface area contributed by atoms with Crippen molar-refractivity contribution in [2.75, 3.05) is 27.4 Å². The van der Waals surface area contributed by atoms with Crippen LogP contribution in [0.5, 0.6) is 5.75 Å². The van der Waals surface area contributed by atoms with Crippen LogP contribution in [0.2, 0.25) is 0 Å². The molecule has 2 heterocycles. The first kappa shape index (κ1) is 18.7. The van der Waals surface area contributed by atoms with E-state index in [0.29, 0.717) is 36.7 Å². The van der Waals surface area contributed by atoms with Gasteiger partial charge in [0.2, 0.25) is 0 Å². The molecule has 27 heavy (non-hydrogen) atoms. The maximum Gasteiger partial charge on any atom is 0.258 e. The first-order valence-electron chi connectivity index (χ1n) is 8.56. The van der Waals surface area contributed by atoms with Gasteiger partial charge in [0.1, 0.15) is 5.75 Å². The number of H-pyrrole nitrogens is 1. The molecule has 2 aromatic heterocycles. The van der Waals surface area contributed by atoms with E-state index < -0.39 is 0 Å². The van der Waals surface area contributed by atoms with Crippen LogP contribution in [-0.2, 0) is 18.3 Å². The zero-order valence-corrected chi connectivity index (χ0v) is 15.7. The molecule has 0 fully saturated rings. The van der Waals surface area contributed by atoms with Crippen molar-refractivity contribution in [3.8, 4) is 17.0 Å². The second-order valence-corrected chi connectivity index (χ2v) is 6.13. The van der Waals surface area contributed by atoms with Crippen LogP contribution < -0.4 is 4.74 Å². The molecular formula is C19H23N5O3. The van der Waals surface area contributed by atoms with Crippen LogP contribution in [0.15, 0.2) is 42.9 Å². The fourth-order valence-electron chi connectivity index (χ4n) is 2.85. The van der Waals surface area contributed by atoms with E-state index in [1.54, 1.807) is 36.2 Å². The number of nitrogens with one attached hydrogen (secondary N) is 1. The number of carbonyl (C=O) groups excluding carboxylic acids is 1. The van der Waals surface area contributed by atoms with Crippen molar-refractivity contribution in [2.24, 2.45) is 7.05 Å². The van der Waals surface area contributed by atoms with Crippen LogP contribution in [0.25, 0.3) is 11.3 Å². The lowest BCUT2D eigenvalue weighted by molar-refractivity contribution is 0.0681. The number of methoxy groups -OCH3 is 2. The minimum absolute atomic E-state index is 0.123. The highest BCUT2D eigenvalue weighted by molar-refractivity contribution is 5.99. The summed E-state index contributed by atoms with van der Waals surface area (Å²) in [5.74, 6) is 0.592. The SMILES string of the molecule is COCCN(Cc1cnn(C)c1)C(=O)c1cn[nH]c1-c1cccc(OC)c1. The summed E-state index contributed by atoms with van der Waals surface area (Å²) in [4.78, 5) is 15.0. The Morgan fingerprint density at radius 1 is 1.30 bits per heavy atom. The van der Waals surface area contributed by atoms with Crippen LogP contribution >= 0.6 is 0 Å². The summed E-state index contributed by atoms with van der Waals surface area (Å²) in [5.41, 5.74) is 2.95. The Morgan fingerprint density at radius 3 is 2.85 bits per heavy atom. The smallest absolute Gasteiger partial charge is 0.258 e. The minimum Gasteiger partial charge on any atom is -0.497 e. The summed E-state index contributed by atoms with van der Waals surface area (Å²) >= 11 is 0. The molecule has 1 N–H and O–H groups in total. The number of nitrogens with zero attached hydrogens (tertiary/aromatic N) is 4. The van der Waals surface area contributed by atoms with E-state index in [-0.39, 0.29) is 5.91 Å². The number of aryl methyl sites for hydroxylation is 1.